The Hall–Kier alpha value is -0.990. The number of hydrogen-bond donors (Lipinski definition) is 2. The van der Waals surface area contributed by atoms with E-state index in [1.54, 1.807) is 12.3 Å². The molecule has 1 aromatic rings. The molecule has 0 aliphatic carbocycles. The van der Waals surface area contributed by atoms with Gasteiger partial charge in [-0.2, -0.15) is 0 Å². The number of carbonyl (C=O) groups excluding carboxylic acids is 1. The second-order valence-corrected chi connectivity index (χ2v) is 6.48. The van der Waals surface area contributed by atoms with E-state index in [1.165, 1.54) is 11.3 Å². The first kappa shape index (κ1) is 13.1. The van der Waals surface area contributed by atoms with Crippen molar-refractivity contribution in [2.24, 2.45) is 5.73 Å². The fourth-order valence-electron chi connectivity index (χ4n) is 0.946. The largest absolute Gasteiger partial charge is 0.323 e. The van der Waals surface area contributed by atoms with Crippen LogP contribution >= 0.6 is 11.3 Å². The van der Waals surface area contributed by atoms with Crippen molar-refractivity contribution in [1.29, 1.82) is 0 Å². The number of hydrogen-bond acceptors (Lipinski definition) is 6. The molecule has 1 unspecified atom stereocenters. The average molecular weight is 263 g/mol. The predicted molar refractivity (Wildman–Crippen MR) is 63.1 cm³/mol. The molecule has 3 N–H and O–H groups in total. The average Bonchev–Trinajstić information content (AvgIpc) is 2.48. The third-order valence-electron chi connectivity index (χ3n) is 1.63. The molecule has 6 nitrogen and oxygen atoms in total. The maximum Gasteiger partial charge on any atom is 0.241 e. The summed E-state index contributed by atoms with van der Waals surface area (Å²) in [5.41, 5.74) is 6.26. The van der Waals surface area contributed by atoms with E-state index in [4.69, 9.17) is 5.73 Å². The molecule has 1 amide bonds. The number of nitrogens with one attached hydrogen (secondary N) is 1. The van der Waals surface area contributed by atoms with Gasteiger partial charge in [-0.05, 0) is 6.92 Å². The molecule has 0 saturated heterocycles. The Morgan fingerprint density at radius 3 is 2.75 bits per heavy atom. The molecule has 90 valence electrons. The lowest BCUT2D eigenvalue weighted by Gasteiger charge is -2.00. The summed E-state index contributed by atoms with van der Waals surface area (Å²) in [7, 11) is -3.31. The number of nitrogens with zero attached hydrogens (tertiary/aromatic N) is 1. The molecule has 1 heterocycles. The highest BCUT2D eigenvalue weighted by atomic mass is 32.2. The van der Waals surface area contributed by atoms with Gasteiger partial charge in [0.1, 0.15) is 5.75 Å². The second-order valence-electron chi connectivity index (χ2n) is 3.48. The molecule has 0 saturated carbocycles. The molecular weight excluding hydrogens is 250 g/mol. The van der Waals surface area contributed by atoms with Crippen molar-refractivity contribution < 1.29 is 13.2 Å². The maximum atomic E-state index is 11.3. The zero-order valence-corrected chi connectivity index (χ0v) is 10.6. The van der Waals surface area contributed by atoms with E-state index in [0.717, 1.165) is 6.26 Å². The number of aromatic nitrogens is 1. The Labute approximate surface area is 97.8 Å². The van der Waals surface area contributed by atoms with Gasteiger partial charge in [-0.25, -0.2) is 13.4 Å². The summed E-state index contributed by atoms with van der Waals surface area (Å²) >= 11 is 1.21. The van der Waals surface area contributed by atoms with Crippen LogP contribution in [-0.2, 0) is 14.6 Å². The lowest BCUT2D eigenvalue weighted by Crippen LogP contribution is -2.21. The van der Waals surface area contributed by atoms with E-state index >= 15 is 0 Å². The second kappa shape index (κ2) is 4.89. The Morgan fingerprint density at radius 1 is 1.69 bits per heavy atom. The standard InChI is InChI=1S/C8H13N3O3S2/c1-5(9)6-3-15-8(10-6)11-7(12)4-16(2,13)14/h3,5H,4,9H2,1-2H3,(H,10,11,12). The number of nitrogens with two attached hydrogens (primary N) is 1. The van der Waals surface area contributed by atoms with Gasteiger partial charge in [-0.15, -0.1) is 11.3 Å². The van der Waals surface area contributed by atoms with Crippen molar-refractivity contribution in [3.8, 4) is 0 Å². The van der Waals surface area contributed by atoms with E-state index in [0.29, 0.717) is 10.8 Å². The summed E-state index contributed by atoms with van der Waals surface area (Å²) < 4.78 is 21.7. The van der Waals surface area contributed by atoms with Crippen LogP contribution in [0.2, 0.25) is 0 Å². The number of amides is 1. The molecule has 0 aromatic carbocycles. The van der Waals surface area contributed by atoms with Crippen LogP contribution in [0.4, 0.5) is 5.13 Å². The number of rotatable bonds is 4. The zero-order chi connectivity index (χ0) is 12.3. The topological polar surface area (TPSA) is 102 Å². The first-order chi connectivity index (χ1) is 7.28. The highest BCUT2D eigenvalue weighted by Crippen LogP contribution is 2.18. The summed E-state index contributed by atoms with van der Waals surface area (Å²) in [6, 6.07) is -0.211. The maximum absolute atomic E-state index is 11.3. The molecule has 16 heavy (non-hydrogen) atoms. The molecule has 1 aromatic heterocycles. The van der Waals surface area contributed by atoms with Crippen molar-refractivity contribution in [3.63, 3.8) is 0 Å². The summed E-state index contributed by atoms with van der Waals surface area (Å²) in [5.74, 6) is -1.13. The van der Waals surface area contributed by atoms with E-state index in [1.807, 2.05) is 0 Å². The van der Waals surface area contributed by atoms with Gasteiger partial charge in [0.15, 0.2) is 15.0 Å². The summed E-state index contributed by atoms with van der Waals surface area (Å²) in [4.78, 5) is 15.3. The normalized spacial score (nSPS) is 13.4. The molecule has 0 aliphatic rings. The van der Waals surface area contributed by atoms with Crippen LogP contribution in [-0.4, -0.2) is 31.3 Å². The van der Waals surface area contributed by atoms with Crippen molar-refractivity contribution in [3.05, 3.63) is 11.1 Å². The molecule has 1 rings (SSSR count). The van der Waals surface area contributed by atoms with Crippen LogP contribution in [0.5, 0.6) is 0 Å². The Morgan fingerprint density at radius 2 is 2.31 bits per heavy atom. The molecule has 1 atom stereocenters. The summed E-state index contributed by atoms with van der Waals surface area (Å²) in [6.45, 7) is 1.77. The van der Waals surface area contributed by atoms with Crippen molar-refractivity contribution in [2.45, 2.75) is 13.0 Å². The highest BCUT2D eigenvalue weighted by molar-refractivity contribution is 7.91. The van der Waals surface area contributed by atoms with Crippen molar-refractivity contribution in [2.75, 3.05) is 17.3 Å². The van der Waals surface area contributed by atoms with Gasteiger partial charge in [-0.1, -0.05) is 0 Å². The number of anilines is 1. The summed E-state index contributed by atoms with van der Waals surface area (Å²) in [5, 5.41) is 4.49. The summed E-state index contributed by atoms with van der Waals surface area (Å²) in [6.07, 6.45) is 1.00. The Bertz CT molecular complexity index is 478. The lowest BCUT2D eigenvalue weighted by atomic mass is 10.3. The minimum atomic E-state index is -3.31. The molecular formula is C8H13N3O3S2. The lowest BCUT2D eigenvalue weighted by molar-refractivity contribution is -0.113. The number of thiazole rings is 1. The van der Waals surface area contributed by atoms with E-state index in [-0.39, 0.29) is 6.04 Å². The van der Waals surface area contributed by atoms with Gasteiger partial charge in [0.05, 0.1) is 5.69 Å². The zero-order valence-electron chi connectivity index (χ0n) is 8.93. The van der Waals surface area contributed by atoms with Crippen LogP contribution < -0.4 is 11.1 Å². The smallest absolute Gasteiger partial charge is 0.241 e. The van der Waals surface area contributed by atoms with E-state index in [9.17, 15) is 13.2 Å². The minimum Gasteiger partial charge on any atom is -0.323 e. The third-order valence-corrected chi connectivity index (χ3v) is 3.19. The van der Waals surface area contributed by atoms with Gasteiger partial charge >= 0.3 is 0 Å². The molecule has 0 radical (unpaired) electrons. The van der Waals surface area contributed by atoms with Gasteiger partial charge < -0.3 is 11.1 Å². The first-order valence-electron chi connectivity index (χ1n) is 4.46. The molecule has 0 bridgehead atoms. The fourth-order valence-corrected chi connectivity index (χ4v) is 2.33. The van der Waals surface area contributed by atoms with Crippen LogP contribution in [0.3, 0.4) is 0 Å². The van der Waals surface area contributed by atoms with Crippen LogP contribution in [0, 0.1) is 0 Å². The van der Waals surface area contributed by atoms with Crippen LogP contribution in [0.15, 0.2) is 5.38 Å². The highest BCUT2D eigenvalue weighted by Gasteiger charge is 2.13. The van der Waals surface area contributed by atoms with Crippen molar-refractivity contribution in [1.82, 2.24) is 4.98 Å². The van der Waals surface area contributed by atoms with Gasteiger partial charge in [0.2, 0.25) is 5.91 Å². The van der Waals surface area contributed by atoms with Crippen LogP contribution in [0.1, 0.15) is 18.7 Å². The van der Waals surface area contributed by atoms with Gasteiger partial charge in [0.25, 0.3) is 0 Å². The molecule has 0 spiro atoms. The van der Waals surface area contributed by atoms with Crippen LogP contribution in [0.25, 0.3) is 0 Å². The van der Waals surface area contributed by atoms with Gasteiger partial charge in [-0.3, -0.25) is 4.79 Å². The van der Waals surface area contributed by atoms with Crippen molar-refractivity contribution >= 4 is 32.2 Å². The monoisotopic (exact) mass is 263 g/mol. The Balaban J connectivity index is 2.63. The third kappa shape index (κ3) is 4.25. The molecule has 8 heteroatoms. The van der Waals surface area contributed by atoms with Gasteiger partial charge in [0, 0.05) is 17.7 Å². The Kier molecular flexibility index (Phi) is 4.00. The SMILES string of the molecule is CC(N)c1csc(NC(=O)CS(C)(=O)=O)n1. The number of carbonyl (C=O) groups is 1. The number of sulfone groups is 1. The first-order valence-corrected chi connectivity index (χ1v) is 7.40. The van der Waals surface area contributed by atoms with E-state index in [2.05, 4.69) is 10.3 Å². The minimum absolute atomic E-state index is 0.211. The quantitative estimate of drug-likeness (QED) is 0.804. The fraction of sp³-hybridized carbons (Fsp3) is 0.500. The molecule has 0 fully saturated rings. The van der Waals surface area contributed by atoms with E-state index < -0.39 is 21.5 Å². The molecule has 0 aliphatic heterocycles. The predicted octanol–water partition coefficient (Wildman–Crippen LogP) is 0.146.